The molecule has 0 aromatic heterocycles. The molecule has 2 aliphatic heterocycles. The molecule has 1 unspecified atom stereocenters. The van der Waals surface area contributed by atoms with E-state index >= 15 is 0 Å². The Labute approximate surface area is 134 Å². The van der Waals surface area contributed by atoms with Gasteiger partial charge >= 0.3 is 10.2 Å². The van der Waals surface area contributed by atoms with Crippen LogP contribution < -0.4 is 15.2 Å². The molecule has 0 spiro atoms. The van der Waals surface area contributed by atoms with Crippen LogP contribution >= 0.6 is 0 Å². The van der Waals surface area contributed by atoms with Crippen molar-refractivity contribution in [1.29, 1.82) is 0 Å². The quantitative estimate of drug-likeness (QED) is 0.774. The van der Waals surface area contributed by atoms with Gasteiger partial charge in [-0.15, -0.1) is 4.40 Å². The molecule has 0 radical (unpaired) electrons. The summed E-state index contributed by atoms with van der Waals surface area (Å²) in [4.78, 5) is 12.8. The van der Waals surface area contributed by atoms with Gasteiger partial charge in [0, 0.05) is 6.54 Å². The van der Waals surface area contributed by atoms with Crippen LogP contribution in [0.2, 0.25) is 0 Å². The molecular weight excluding hydrogens is 320 g/mol. The Balaban J connectivity index is 1.81. The zero-order valence-corrected chi connectivity index (χ0v) is 13.3. The minimum atomic E-state index is -3.81. The van der Waals surface area contributed by atoms with E-state index in [1.165, 1.54) is 0 Å². The molecule has 1 saturated heterocycles. The lowest BCUT2D eigenvalue weighted by Gasteiger charge is -2.32. The van der Waals surface area contributed by atoms with Crippen molar-refractivity contribution in [3.8, 4) is 5.75 Å². The van der Waals surface area contributed by atoms with Gasteiger partial charge in [0.1, 0.15) is 12.4 Å². The first-order valence-corrected chi connectivity index (χ1v) is 8.79. The molecule has 1 fully saturated rings. The fourth-order valence-corrected chi connectivity index (χ4v) is 3.71. The number of piperidine rings is 1. The summed E-state index contributed by atoms with van der Waals surface area (Å²) in [5.74, 6) is 0.341. The van der Waals surface area contributed by atoms with Crippen LogP contribution in [0.5, 0.6) is 5.75 Å². The smallest absolute Gasteiger partial charge is 0.344 e. The Kier molecular flexibility index (Phi) is 4.12. The van der Waals surface area contributed by atoms with Crippen LogP contribution in [-0.2, 0) is 15.0 Å². The van der Waals surface area contributed by atoms with Crippen LogP contribution in [0.3, 0.4) is 0 Å². The molecule has 0 bridgehead atoms. The molecule has 3 N–H and O–H groups in total. The molecule has 1 aromatic rings. The fraction of sp³-hybridized carbons (Fsp3) is 0.429. The first-order valence-electron chi connectivity index (χ1n) is 7.35. The van der Waals surface area contributed by atoms with E-state index in [9.17, 15) is 13.2 Å². The van der Waals surface area contributed by atoms with Crippen LogP contribution in [0.25, 0.3) is 0 Å². The van der Waals surface area contributed by atoms with Crippen LogP contribution in [0.15, 0.2) is 22.6 Å². The Bertz CT molecular complexity index is 747. The molecule has 0 aliphatic carbocycles. The van der Waals surface area contributed by atoms with Gasteiger partial charge in [-0.1, -0.05) is 6.07 Å². The van der Waals surface area contributed by atoms with E-state index in [0.29, 0.717) is 23.6 Å². The molecule has 1 aromatic carbocycles. The van der Waals surface area contributed by atoms with Gasteiger partial charge in [0.05, 0.1) is 17.3 Å². The van der Waals surface area contributed by atoms with Crippen LogP contribution in [-0.4, -0.2) is 44.8 Å². The molecule has 1 atom stereocenters. The maximum atomic E-state index is 11.6. The number of nitrogens with one attached hydrogen (secondary N) is 1. The number of anilines is 1. The van der Waals surface area contributed by atoms with Crippen molar-refractivity contribution < 1.29 is 17.9 Å². The molecular formula is C14H18N4O4S. The summed E-state index contributed by atoms with van der Waals surface area (Å²) in [6, 6.07) is 4.98. The highest BCUT2D eigenvalue weighted by Gasteiger charge is 2.26. The summed E-state index contributed by atoms with van der Waals surface area (Å²) in [5, 5.41) is 0. The molecule has 2 heterocycles. The van der Waals surface area contributed by atoms with Crippen molar-refractivity contribution in [2.45, 2.75) is 25.3 Å². The number of amides is 1. The second kappa shape index (κ2) is 6.07. The maximum absolute atomic E-state index is 11.6. The SMILES string of the molecule is NC1=NS(=O)(=O)Nc2cccc(OCC3CCCCN3C=O)c21. The highest BCUT2D eigenvalue weighted by atomic mass is 32.2. The van der Waals surface area contributed by atoms with E-state index < -0.39 is 10.2 Å². The van der Waals surface area contributed by atoms with Gasteiger partial charge in [0.25, 0.3) is 0 Å². The van der Waals surface area contributed by atoms with Gasteiger partial charge in [0.15, 0.2) is 5.84 Å². The number of rotatable bonds is 4. The summed E-state index contributed by atoms with van der Waals surface area (Å²) in [6.07, 6.45) is 3.77. The number of amidine groups is 1. The third-order valence-corrected chi connectivity index (χ3v) is 4.89. The minimum absolute atomic E-state index is 0.00977. The molecule has 2 aliphatic rings. The summed E-state index contributed by atoms with van der Waals surface area (Å²) in [5.41, 5.74) is 6.53. The standard InChI is InChI=1S/C14H18N4O4S/c15-14-13-11(16-23(20,21)17-14)5-3-6-12(13)22-8-10-4-1-2-7-18(10)9-19/h3,5-6,9-10,16H,1-2,4,7-8H2,(H2,15,17). The summed E-state index contributed by atoms with van der Waals surface area (Å²) in [7, 11) is -3.81. The Morgan fingerprint density at radius 2 is 2.26 bits per heavy atom. The van der Waals surface area contributed by atoms with Gasteiger partial charge in [-0.25, -0.2) is 0 Å². The number of carbonyl (C=O) groups excluding carboxylic acids is 1. The van der Waals surface area contributed by atoms with Crippen molar-refractivity contribution in [2.24, 2.45) is 10.1 Å². The van der Waals surface area contributed by atoms with Crippen molar-refractivity contribution >= 4 is 28.1 Å². The number of hydrogen-bond acceptors (Lipinski definition) is 5. The van der Waals surface area contributed by atoms with Crippen molar-refractivity contribution in [2.75, 3.05) is 17.9 Å². The number of ether oxygens (including phenoxy) is 1. The van der Waals surface area contributed by atoms with E-state index in [-0.39, 0.29) is 11.9 Å². The number of nitrogens with zero attached hydrogens (tertiary/aromatic N) is 2. The number of carbonyl (C=O) groups is 1. The van der Waals surface area contributed by atoms with Gasteiger partial charge in [-0.3, -0.25) is 9.52 Å². The second-order valence-corrected chi connectivity index (χ2v) is 6.87. The third kappa shape index (κ3) is 3.24. The van der Waals surface area contributed by atoms with E-state index in [1.54, 1.807) is 23.1 Å². The lowest BCUT2D eigenvalue weighted by Crippen LogP contribution is -2.42. The van der Waals surface area contributed by atoms with E-state index in [0.717, 1.165) is 32.2 Å². The number of fused-ring (bicyclic) bond motifs is 1. The topological polar surface area (TPSA) is 114 Å². The normalized spacial score (nSPS) is 22.5. The second-order valence-electron chi connectivity index (χ2n) is 5.54. The predicted octanol–water partition coefficient (Wildman–Crippen LogP) is 0.452. The number of nitrogens with two attached hydrogens (primary N) is 1. The molecule has 0 saturated carbocycles. The average Bonchev–Trinajstić information content (AvgIpc) is 2.51. The molecule has 1 amide bonds. The number of hydrogen-bond donors (Lipinski definition) is 2. The van der Waals surface area contributed by atoms with E-state index in [4.69, 9.17) is 10.5 Å². The van der Waals surface area contributed by atoms with Crippen molar-refractivity contribution in [1.82, 2.24) is 4.90 Å². The zero-order valence-electron chi connectivity index (χ0n) is 12.4. The molecule has 3 rings (SSSR count). The highest BCUT2D eigenvalue weighted by molar-refractivity contribution is 7.91. The molecule has 23 heavy (non-hydrogen) atoms. The van der Waals surface area contributed by atoms with Gasteiger partial charge in [-0.2, -0.15) is 8.42 Å². The summed E-state index contributed by atoms with van der Waals surface area (Å²) >= 11 is 0. The predicted molar refractivity (Wildman–Crippen MR) is 85.6 cm³/mol. The lowest BCUT2D eigenvalue weighted by atomic mass is 10.0. The highest BCUT2D eigenvalue weighted by Crippen LogP contribution is 2.31. The third-order valence-electron chi connectivity index (χ3n) is 3.98. The molecule has 8 nitrogen and oxygen atoms in total. The largest absolute Gasteiger partial charge is 0.491 e. The zero-order chi connectivity index (χ0) is 16.4. The minimum Gasteiger partial charge on any atom is -0.491 e. The van der Waals surface area contributed by atoms with Crippen molar-refractivity contribution in [3.05, 3.63) is 23.8 Å². The average molecular weight is 338 g/mol. The van der Waals surface area contributed by atoms with Gasteiger partial charge in [-0.05, 0) is 31.4 Å². The first kappa shape index (κ1) is 15.6. The molecule has 9 heteroatoms. The number of likely N-dealkylation sites (tertiary alicyclic amines) is 1. The first-order chi connectivity index (χ1) is 11.0. The van der Waals surface area contributed by atoms with Crippen LogP contribution in [0.4, 0.5) is 5.69 Å². The fourth-order valence-electron chi connectivity index (χ4n) is 2.86. The Morgan fingerprint density at radius 1 is 1.43 bits per heavy atom. The van der Waals surface area contributed by atoms with Gasteiger partial charge in [0.2, 0.25) is 6.41 Å². The Morgan fingerprint density at radius 3 is 3.04 bits per heavy atom. The van der Waals surface area contributed by atoms with Gasteiger partial charge < -0.3 is 15.4 Å². The monoisotopic (exact) mass is 338 g/mol. The van der Waals surface area contributed by atoms with E-state index in [2.05, 4.69) is 9.12 Å². The Hall–Kier alpha value is -2.29. The van der Waals surface area contributed by atoms with Crippen LogP contribution in [0, 0.1) is 0 Å². The summed E-state index contributed by atoms with van der Waals surface area (Å²) in [6.45, 7) is 1.06. The lowest BCUT2D eigenvalue weighted by molar-refractivity contribution is -0.122. The molecule has 124 valence electrons. The van der Waals surface area contributed by atoms with Crippen molar-refractivity contribution in [3.63, 3.8) is 0 Å². The number of benzene rings is 1. The van der Waals surface area contributed by atoms with E-state index in [1.807, 2.05) is 0 Å². The maximum Gasteiger partial charge on any atom is 0.344 e. The van der Waals surface area contributed by atoms with Crippen LogP contribution in [0.1, 0.15) is 24.8 Å². The summed E-state index contributed by atoms with van der Waals surface area (Å²) < 4.78 is 34.7.